The van der Waals surface area contributed by atoms with E-state index in [1.807, 2.05) is 0 Å². The lowest BCUT2D eigenvalue weighted by Crippen LogP contribution is -2.31. The average Bonchev–Trinajstić information content (AvgIpc) is 2.97. The van der Waals surface area contributed by atoms with Gasteiger partial charge in [0.05, 0.1) is 16.2 Å². The molecule has 0 saturated heterocycles. The molecule has 0 unspecified atom stereocenters. The predicted octanol–water partition coefficient (Wildman–Crippen LogP) is 5.38. The Labute approximate surface area is 259 Å². The van der Waals surface area contributed by atoms with E-state index in [2.05, 4.69) is 31.9 Å². The Bertz CT molecular complexity index is 1780. The minimum Gasteiger partial charge on any atom is -0.325 e. The van der Waals surface area contributed by atoms with Crippen molar-refractivity contribution >= 4 is 72.9 Å². The van der Waals surface area contributed by atoms with Gasteiger partial charge in [0.1, 0.15) is 11.5 Å². The maximum absolute atomic E-state index is 14.2. The van der Waals surface area contributed by atoms with E-state index in [0.29, 0.717) is 16.9 Å². The summed E-state index contributed by atoms with van der Waals surface area (Å²) in [5, 5.41) is 13.0. The highest BCUT2D eigenvalue weighted by Gasteiger charge is 2.17. The number of carbonyl (C=O) groups is 3. The highest BCUT2D eigenvalue weighted by atomic mass is 79.9. The topological polar surface area (TPSA) is 147 Å². The summed E-state index contributed by atoms with van der Waals surface area (Å²) >= 11 is 4.60. The van der Waals surface area contributed by atoms with Crippen LogP contribution in [0.4, 0.5) is 15.8 Å². The fourth-order valence-corrected chi connectivity index (χ4v) is 5.10. The molecule has 0 aromatic heterocycles. The van der Waals surface area contributed by atoms with Gasteiger partial charge in [-0.05, 0) is 84.4 Å². The number of benzene rings is 4. The van der Waals surface area contributed by atoms with E-state index < -0.39 is 27.7 Å². The Hall–Kier alpha value is -4.30. The van der Waals surface area contributed by atoms with Gasteiger partial charge in [-0.15, -0.1) is 11.8 Å². The van der Waals surface area contributed by atoms with Crippen LogP contribution in [0, 0.1) is 5.82 Å². The molecule has 0 fully saturated rings. The molecule has 4 aromatic carbocycles. The van der Waals surface area contributed by atoms with Crippen LogP contribution in [0.3, 0.4) is 0 Å². The van der Waals surface area contributed by atoms with E-state index in [0.717, 1.165) is 15.4 Å². The van der Waals surface area contributed by atoms with Crippen molar-refractivity contribution in [2.75, 3.05) is 16.4 Å². The van der Waals surface area contributed by atoms with Gasteiger partial charge < -0.3 is 16.0 Å². The first-order valence-electron chi connectivity index (χ1n) is 12.5. The van der Waals surface area contributed by atoms with Gasteiger partial charge in [-0.3, -0.25) is 14.4 Å². The van der Waals surface area contributed by atoms with Crippen LogP contribution in [-0.4, -0.2) is 31.9 Å². The summed E-state index contributed by atoms with van der Waals surface area (Å²) in [4.78, 5) is 39.0. The van der Waals surface area contributed by atoms with E-state index in [9.17, 15) is 27.2 Å². The molecular formula is C30H24BrFN4O5S2. The van der Waals surface area contributed by atoms with Crippen molar-refractivity contribution in [3.05, 3.63) is 124 Å². The molecule has 0 atom stereocenters. The zero-order chi connectivity index (χ0) is 31.0. The standard InChI is InChI=1S/C30H24BrFN4O5S2/c31-20-7-5-19(6-8-20)17-27(36-29(38)25-3-1-2-4-26(25)32)30(39)35-22-9-13-23(14-10-22)42-18-28(37)34-21-11-15-24(16-12-21)43(33,40)41/h1-17H,18H2,(H,34,37)(H,35,39)(H,36,38)(H2,33,40,41)/b27-17+. The number of hydrogen-bond acceptors (Lipinski definition) is 6. The number of halogens is 2. The number of nitrogens with two attached hydrogens (primary N) is 1. The quantitative estimate of drug-likeness (QED) is 0.131. The number of sulfonamides is 1. The number of carbonyl (C=O) groups excluding carboxylic acids is 3. The molecule has 43 heavy (non-hydrogen) atoms. The van der Waals surface area contributed by atoms with E-state index in [4.69, 9.17) is 5.14 Å². The molecule has 220 valence electrons. The van der Waals surface area contributed by atoms with Crippen molar-refractivity contribution in [3.8, 4) is 0 Å². The summed E-state index contributed by atoms with van der Waals surface area (Å²) in [5.41, 5.74) is 1.18. The van der Waals surface area contributed by atoms with Crippen LogP contribution in [0.2, 0.25) is 0 Å². The van der Waals surface area contributed by atoms with Gasteiger partial charge >= 0.3 is 0 Å². The molecule has 0 heterocycles. The molecule has 3 amide bonds. The minimum atomic E-state index is -3.82. The lowest BCUT2D eigenvalue weighted by Gasteiger charge is -2.12. The van der Waals surface area contributed by atoms with Crippen molar-refractivity contribution in [1.29, 1.82) is 0 Å². The number of anilines is 2. The van der Waals surface area contributed by atoms with Crippen molar-refractivity contribution in [2.45, 2.75) is 9.79 Å². The Morgan fingerprint density at radius 1 is 0.837 bits per heavy atom. The van der Waals surface area contributed by atoms with Crippen molar-refractivity contribution in [3.63, 3.8) is 0 Å². The van der Waals surface area contributed by atoms with Gasteiger partial charge in [-0.25, -0.2) is 17.9 Å². The lowest BCUT2D eigenvalue weighted by molar-refractivity contribution is -0.114. The van der Waals surface area contributed by atoms with Gasteiger partial charge in [-0.2, -0.15) is 0 Å². The second kappa shape index (κ2) is 14.2. The molecule has 4 aromatic rings. The van der Waals surface area contributed by atoms with Gasteiger partial charge in [0, 0.05) is 20.7 Å². The smallest absolute Gasteiger partial charge is 0.272 e. The van der Waals surface area contributed by atoms with Crippen molar-refractivity contribution < 1.29 is 27.2 Å². The van der Waals surface area contributed by atoms with Gasteiger partial charge in [0.15, 0.2) is 0 Å². The SMILES string of the molecule is NS(=O)(=O)c1ccc(NC(=O)CSc2ccc(NC(=O)/C(=C\c3ccc(Br)cc3)NC(=O)c3ccccc3F)cc2)cc1. The summed E-state index contributed by atoms with van der Waals surface area (Å²) in [7, 11) is -3.82. The number of nitrogens with one attached hydrogen (secondary N) is 3. The fraction of sp³-hybridized carbons (Fsp3) is 0.0333. The number of rotatable bonds is 10. The van der Waals surface area contributed by atoms with E-state index in [1.165, 1.54) is 60.3 Å². The third-order valence-corrected chi connectivity index (χ3v) is 8.21. The number of thioether (sulfide) groups is 1. The zero-order valence-electron chi connectivity index (χ0n) is 22.2. The van der Waals surface area contributed by atoms with Crippen molar-refractivity contribution in [2.24, 2.45) is 5.14 Å². The Kier molecular flexibility index (Phi) is 10.5. The first-order valence-corrected chi connectivity index (χ1v) is 15.8. The monoisotopic (exact) mass is 682 g/mol. The normalized spacial score (nSPS) is 11.5. The van der Waals surface area contributed by atoms with E-state index >= 15 is 0 Å². The maximum Gasteiger partial charge on any atom is 0.272 e. The van der Waals surface area contributed by atoms with Gasteiger partial charge in [0.25, 0.3) is 11.8 Å². The molecule has 9 nitrogen and oxygen atoms in total. The third kappa shape index (κ3) is 9.35. The molecule has 0 aliphatic carbocycles. The lowest BCUT2D eigenvalue weighted by atomic mass is 10.1. The molecule has 0 radical (unpaired) electrons. The first-order chi connectivity index (χ1) is 20.5. The van der Waals surface area contributed by atoms with Crippen LogP contribution in [0.15, 0.2) is 117 Å². The third-order valence-electron chi connectivity index (χ3n) is 5.74. The van der Waals surface area contributed by atoms with Gasteiger partial charge in [0.2, 0.25) is 15.9 Å². The molecular weight excluding hydrogens is 659 g/mol. The highest BCUT2D eigenvalue weighted by Crippen LogP contribution is 2.22. The van der Waals surface area contributed by atoms with E-state index in [-0.39, 0.29) is 27.8 Å². The minimum absolute atomic E-state index is 0.0598. The summed E-state index contributed by atoms with van der Waals surface area (Å²) in [6.45, 7) is 0. The van der Waals surface area contributed by atoms with Crippen LogP contribution < -0.4 is 21.1 Å². The maximum atomic E-state index is 14.2. The summed E-state index contributed by atoms with van der Waals surface area (Å²) in [6.07, 6.45) is 1.48. The van der Waals surface area contributed by atoms with Crippen LogP contribution in [0.25, 0.3) is 6.08 Å². The number of amides is 3. The first kappa shape index (κ1) is 31.6. The Balaban J connectivity index is 1.39. The molecule has 4 rings (SSSR count). The largest absolute Gasteiger partial charge is 0.325 e. The predicted molar refractivity (Wildman–Crippen MR) is 168 cm³/mol. The van der Waals surface area contributed by atoms with Gasteiger partial charge in [-0.1, -0.05) is 40.2 Å². The van der Waals surface area contributed by atoms with Crippen molar-refractivity contribution in [1.82, 2.24) is 5.32 Å². The Morgan fingerprint density at radius 3 is 2.07 bits per heavy atom. The number of primary sulfonamides is 1. The molecule has 0 aliphatic rings. The molecule has 13 heteroatoms. The molecule has 0 bridgehead atoms. The van der Waals surface area contributed by atoms with Crippen LogP contribution >= 0.6 is 27.7 Å². The zero-order valence-corrected chi connectivity index (χ0v) is 25.4. The Morgan fingerprint density at radius 2 is 1.44 bits per heavy atom. The summed E-state index contributed by atoms with van der Waals surface area (Å²) < 4.78 is 37.7. The van der Waals surface area contributed by atoms with Crippen LogP contribution in [0.5, 0.6) is 0 Å². The number of hydrogen-bond donors (Lipinski definition) is 4. The van der Waals surface area contributed by atoms with E-state index in [1.54, 1.807) is 48.5 Å². The summed E-state index contributed by atoms with van der Waals surface area (Å²) in [6, 6.07) is 24.7. The second-order valence-electron chi connectivity index (χ2n) is 8.93. The second-order valence-corrected chi connectivity index (χ2v) is 12.5. The molecule has 0 aliphatic heterocycles. The fourth-order valence-electron chi connectivity index (χ4n) is 3.63. The summed E-state index contributed by atoms with van der Waals surface area (Å²) in [5.74, 6) is -2.35. The molecule has 5 N–H and O–H groups in total. The molecule has 0 spiro atoms. The van der Waals surface area contributed by atoms with Crippen LogP contribution in [-0.2, 0) is 19.6 Å². The molecule has 0 saturated carbocycles. The average molecular weight is 684 g/mol. The van der Waals surface area contributed by atoms with Crippen LogP contribution in [0.1, 0.15) is 15.9 Å². The highest BCUT2D eigenvalue weighted by molar-refractivity contribution is 9.10.